The SMILES string of the molecule is COC(=O)c1cc(N)cc2nc(-c3ccccc3Cl)oc12. The van der Waals surface area contributed by atoms with Gasteiger partial charge in [0.05, 0.1) is 17.7 Å². The molecule has 0 saturated heterocycles. The van der Waals surface area contributed by atoms with Crippen LogP contribution in [0.5, 0.6) is 0 Å². The van der Waals surface area contributed by atoms with E-state index in [2.05, 4.69) is 4.98 Å². The Balaban J connectivity index is 2.25. The second-order valence-electron chi connectivity index (χ2n) is 4.41. The molecule has 3 rings (SSSR count). The van der Waals surface area contributed by atoms with Gasteiger partial charge in [-0.3, -0.25) is 0 Å². The first-order chi connectivity index (χ1) is 10.1. The van der Waals surface area contributed by atoms with E-state index in [9.17, 15) is 4.79 Å². The summed E-state index contributed by atoms with van der Waals surface area (Å²) in [7, 11) is 1.29. The van der Waals surface area contributed by atoms with Gasteiger partial charge in [0, 0.05) is 5.69 Å². The normalized spacial score (nSPS) is 10.8. The molecular weight excluding hydrogens is 292 g/mol. The van der Waals surface area contributed by atoms with E-state index in [0.717, 1.165) is 0 Å². The Kier molecular flexibility index (Phi) is 3.27. The van der Waals surface area contributed by atoms with Crippen molar-refractivity contribution in [1.82, 2.24) is 4.98 Å². The van der Waals surface area contributed by atoms with Crippen molar-refractivity contribution in [3.63, 3.8) is 0 Å². The number of anilines is 1. The van der Waals surface area contributed by atoms with Crippen molar-refractivity contribution in [2.75, 3.05) is 12.8 Å². The molecule has 0 amide bonds. The summed E-state index contributed by atoms with van der Waals surface area (Å²) in [6.45, 7) is 0. The number of oxazole rings is 1. The number of methoxy groups -OCH3 is 1. The van der Waals surface area contributed by atoms with Crippen LogP contribution in [0.25, 0.3) is 22.6 Å². The number of hydrogen-bond acceptors (Lipinski definition) is 5. The highest BCUT2D eigenvalue weighted by atomic mass is 35.5. The third-order valence-corrected chi connectivity index (χ3v) is 3.35. The Morgan fingerprint density at radius 3 is 2.81 bits per heavy atom. The van der Waals surface area contributed by atoms with Crippen LogP contribution < -0.4 is 5.73 Å². The first-order valence-electron chi connectivity index (χ1n) is 6.13. The number of ether oxygens (including phenoxy) is 1. The lowest BCUT2D eigenvalue weighted by Crippen LogP contribution is -2.02. The fraction of sp³-hybridized carbons (Fsp3) is 0.0667. The zero-order valence-electron chi connectivity index (χ0n) is 11.1. The molecule has 3 aromatic rings. The molecule has 2 aromatic carbocycles. The zero-order valence-corrected chi connectivity index (χ0v) is 11.8. The summed E-state index contributed by atoms with van der Waals surface area (Å²) < 4.78 is 10.4. The molecule has 1 aromatic heterocycles. The van der Waals surface area contributed by atoms with Crippen molar-refractivity contribution in [1.29, 1.82) is 0 Å². The van der Waals surface area contributed by atoms with Crippen molar-refractivity contribution >= 4 is 34.4 Å². The summed E-state index contributed by atoms with van der Waals surface area (Å²) in [6, 6.07) is 10.3. The number of rotatable bonds is 2. The maximum atomic E-state index is 11.8. The summed E-state index contributed by atoms with van der Waals surface area (Å²) >= 11 is 6.13. The number of carbonyl (C=O) groups is 1. The van der Waals surface area contributed by atoms with E-state index < -0.39 is 5.97 Å². The topological polar surface area (TPSA) is 78.4 Å². The number of hydrogen-bond donors (Lipinski definition) is 1. The lowest BCUT2D eigenvalue weighted by atomic mass is 10.2. The highest BCUT2D eigenvalue weighted by Gasteiger charge is 2.19. The fourth-order valence-corrected chi connectivity index (χ4v) is 2.28. The summed E-state index contributed by atoms with van der Waals surface area (Å²) in [5, 5.41) is 0.511. The van der Waals surface area contributed by atoms with Gasteiger partial charge in [-0.15, -0.1) is 0 Å². The van der Waals surface area contributed by atoms with Crippen LogP contribution >= 0.6 is 11.6 Å². The molecule has 0 fully saturated rings. The molecule has 0 radical (unpaired) electrons. The molecule has 6 heteroatoms. The number of nitrogens with zero attached hydrogens (tertiary/aromatic N) is 1. The minimum Gasteiger partial charge on any atom is -0.465 e. The Hall–Kier alpha value is -2.53. The second-order valence-corrected chi connectivity index (χ2v) is 4.81. The Morgan fingerprint density at radius 1 is 1.33 bits per heavy atom. The van der Waals surface area contributed by atoms with Crippen molar-refractivity contribution in [3.8, 4) is 11.5 Å². The van der Waals surface area contributed by atoms with Crippen LogP contribution in [-0.4, -0.2) is 18.1 Å². The summed E-state index contributed by atoms with van der Waals surface area (Å²) in [5.41, 5.74) is 7.86. The van der Waals surface area contributed by atoms with Crippen LogP contribution in [0.1, 0.15) is 10.4 Å². The van der Waals surface area contributed by atoms with E-state index in [1.54, 1.807) is 18.2 Å². The number of benzene rings is 2. The zero-order chi connectivity index (χ0) is 15.0. The maximum Gasteiger partial charge on any atom is 0.341 e. The third-order valence-electron chi connectivity index (χ3n) is 3.02. The van der Waals surface area contributed by atoms with E-state index in [-0.39, 0.29) is 5.56 Å². The quantitative estimate of drug-likeness (QED) is 0.579. The van der Waals surface area contributed by atoms with Gasteiger partial charge in [-0.2, -0.15) is 0 Å². The number of carbonyl (C=O) groups excluding carboxylic acids is 1. The second kappa shape index (κ2) is 5.10. The van der Waals surface area contributed by atoms with Crippen LogP contribution in [-0.2, 0) is 4.74 Å². The Labute approximate surface area is 125 Å². The van der Waals surface area contributed by atoms with Gasteiger partial charge in [-0.1, -0.05) is 23.7 Å². The number of nitrogens with two attached hydrogens (primary N) is 1. The van der Waals surface area contributed by atoms with Gasteiger partial charge >= 0.3 is 5.97 Å². The third kappa shape index (κ3) is 2.32. The highest BCUT2D eigenvalue weighted by Crippen LogP contribution is 2.32. The number of esters is 1. The van der Waals surface area contributed by atoms with Crippen LogP contribution in [0.15, 0.2) is 40.8 Å². The smallest absolute Gasteiger partial charge is 0.341 e. The van der Waals surface area contributed by atoms with E-state index in [4.69, 9.17) is 26.5 Å². The van der Waals surface area contributed by atoms with E-state index in [1.165, 1.54) is 13.2 Å². The molecule has 0 aliphatic carbocycles. The first kappa shape index (κ1) is 13.5. The van der Waals surface area contributed by atoms with Crippen LogP contribution in [0.2, 0.25) is 5.02 Å². The molecule has 0 saturated carbocycles. The average molecular weight is 303 g/mol. The number of nitrogen functional groups attached to an aromatic ring is 1. The van der Waals surface area contributed by atoms with E-state index in [0.29, 0.717) is 33.3 Å². The minimum atomic E-state index is -0.533. The van der Waals surface area contributed by atoms with Crippen molar-refractivity contribution in [2.45, 2.75) is 0 Å². The molecule has 106 valence electrons. The van der Waals surface area contributed by atoms with Gasteiger partial charge in [0.25, 0.3) is 0 Å². The molecule has 1 heterocycles. The molecule has 5 nitrogen and oxygen atoms in total. The van der Waals surface area contributed by atoms with Gasteiger partial charge in [0.2, 0.25) is 5.89 Å². The summed E-state index contributed by atoms with van der Waals surface area (Å²) in [4.78, 5) is 16.1. The van der Waals surface area contributed by atoms with Crippen LogP contribution in [0, 0.1) is 0 Å². The number of halogens is 1. The summed E-state index contributed by atoms with van der Waals surface area (Å²) in [6.07, 6.45) is 0. The maximum absolute atomic E-state index is 11.8. The number of aromatic nitrogens is 1. The lowest BCUT2D eigenvalue weighted by molar-refractivity contribution is 0.0602. The van der Waals surface area contributed by atoms with E-state index >= 15 is 0 Å². The van der Waals surface area contributed by atoms with Crippen molar-refractivity contribution in [2.24, 2.45) is 0 Å². The van der Waals surface area contributed by atoms with Crippen LogP contribution in [0.3, 0.4) is 0 Å². The largest absolute Gasteiger partial charge is 0.465 e. The van der Waals surface area contributed by atoms with Gasteiger partial charge in [0.15, 0.2) is 5.58 Å². The molecule has 2 N–H and O–H groups in total. The molecule has 0 aliphatic heterocycles. The van der Waals surface area contributed by atoms with E-state index in [1.807, 2.05) is 12.1 Å². The molecular formula is C15H11ClN2O3. The van der Waals surface area contributed by atoms with Gasteiger partial charge in [-0.25, -0.2) is 9.78 Å². The first-order valence-corrected chi connectivity index (χ1v) is 6.51. The van der Waals surface area contributed by atoms with Gasteiger partial charge < -0.3 is 14.9 Å². The predicted octanol–water partition coefficient (Wildman–Crippen LogP) is 3.52. The van der Waals surface area contributed by atoms with Gasteiger partial charge in [0.1, 0.15) is 11.1 Å². The van der Waals surface area contributed by atoms with Crippen LogP contribution in [0.4, 0.5) is 5.69 Å². The molecule has 0 aliphatic rings. The van der Waals surface area contributed by atoms with Gasteiger partial charge in [-0.05, 0) is 24.3 Å². The molecule has 0 atom stereocenters. The summed E-state index contributed by atoms with van der Waals surface area (Å²) in [5.74, 6) is -0.208. The molecule has 0 unspecified atom stereocenters. The highest BCUT2D eigenvalue weighted by molar-refractivity contribution is 6.33. The van der Waals surface area contributed by atoms with Crippen molar-refractivity contribution in [3.05, 3.63) is 47.0 Å². The minimum absolute atomic E-state index is 0.235. The Bertz CT molecular complexity index is 842. The lowest BCUT2D eigenvalue weighted by Gasteiger charge is -2.00. The Morgan fingerprint density at radius 2 is 2.10 bits per heavy atom. The predicted molar refractivity (Wildman–Crippen MR) is 80.2 cm³/mol. The molecule has 21 heavy (non-hydrogen) atoms. The molecule has 0 spiro atoms. The fourth-order valence-electron chi connectivity index (χ4n) is 2.07. The number of fused-ring (bicyclic) bond motifs is 1. The average Bonchev–Trinajstić information content (AvgIpc) is 2.89. The standard InChI is InChI=1S/C15H11ClN2O3/c1-20-15(19)10-6-8(17)7-12-13(10)21-14(18-12)9-4-2-3-5-11(9)16/h2-7H,17H2,1H3. The van der Waals surface area contributed by atoms with Crippen molar-refractivity contribution < 1.29 is 13.9 Å². The monoisotopic (exact) mass is 302 g/mol. The molecule has 0 bridgehead atoms.